The van der Waals surface area contributed by atoms with Crippen LogP contribution in [0.15, 0.2) is 72.8 Å². The van der Waals surface area contributed by atoms with Gasteiger partial charge in [0.05, 0.1) is 17.3 Å². The average molecular weight is 616 g/mol. The van der Waals surface area contributed by atoms with E-state index in [0.29, 0.717) is 5.92 Å². The van der Waals surface area contributed by atoms with Crippen LogP contribution in [0.4, 0.5) is 4.39 Å². The summed E-state index contributed by atoms with van der Waals surface area (Å²) in [6.07, 6.45) is 11.1. The minimum absolute atomic E-state index is 0. The van der Waals surface area contributed by atoms with E-state index in [4.69, 9.17) is 4.74 Å². The van der Waals surface area contributed by atoms with Gasteiger partial charge in [-0.15, -0.1) is 0 Å². The summed E-state index contributed by atoms with van der Waals surface area (Å²) < 4.78 is 20.5. The standard InChI is InChI=1S/C38H45FO3.C2H7N.H2/c1-25-22-30(39)15-20-33(25)35-10-6-9-28-24-29(38(4,5)41)14-19-34(28)36(35)27-12-17-31(18-13-27)42-32-16-11-26(23-32)8-7-21-37(2,3)40;1-3-2;/h7,12-15,17-22,24,26,32,40-41H,6,8-11,16,23H2,1-5H3;3H,1-2H3;1H/b21-7+;;/t26?,32-;;/m0../s1. The maximum Gasteiger partial charge on any atom is 0.123 e. The molecular formula is C40H54FNO3. The van der Waals surface area contributed by atoms with Crippen molar-refractivity contribution in [2.45, 2.75) is 96.9 Å². The smallest absolute Gasteiger partial charge is 0.123 e. The summed E-state index contributed by atoms with van der Waals surface area (Å²) in [4.78, 5) is 0. The average Bonchev–Trinajstić information content (AvgIpc) is 3.31. The van der Waals surface area contributed by atoms with Crippen LogP contribution in [0.5, 0.6) is 5.75 Å². The van der Waals surface area contributed by atoms with E-state index in [1.165, 1.54) is 22.3 Å². The van der Waals surface area contributed by atoms with Crippen LogP contribution in [0, 0.1) is 18.7 Å². The number of nitrogens with one attached hydrogen (secondary N) is 1. The van der Waals surface area contributed by atoms with E-state index in [2.05, 4.69) is 47.8 Å². The molecule has 0 amide bonds. The highest BCUT2D eigenvalue weighted by molar-refractivity contribution is 6.00. The normalized spacial score (nSPS) is 18.8. The van der Waals surface area contributed by atoms with Crippen LogP contribution in [0.1, 0.15) is 101 Å². The molecule has 0 spiro atoms. The second-order valence-electron chi connectivity index (χ2n) is 13.8. The van der Waals surface area contributed by atoms with E-state index in [9.17, 15) is 14.6 Å². The molecule has 3 aromatic carbocycles. The van der Waals surface area contributed by atoms with Crippen molar-refractivity contribution in [2.75, 3.05) is 14.1 Å². The molecule has 2 aliphatic rings. The summed E-state index contributed by atoms with van der Waals surface area (Å²) in [6, 6.07) is 19.9. The number of halogens is 1. The van der Waals surface area contributed by atoms with Crippen molar-refractivity contribution in [3.63, 3.8) is 0 Å². The van der Waals surface area contributed by atoms with Crippen LogP contribution in [0.25, 0.3) is 11.1 Å². The summed E-state index contributed by atoms with van der Waals surface area (Å²) in [5.41, 5.74) is 7.17. The first kappa shape index (κ1) is 34.6. The summed E-state index contributed by atoms with van der Waals surface area (Å²) in [6.45, 7) is 9.24. The maximum atomic E-state index is 14.1. The monoisotopic (exact) mass is 615 g/mol. The zero-order valence-electron chi connectivity index (χ0n) is 28.2. The number of ether oxygens (including phenoxy) is 1. The molecule has 1 fully saturated rings. The van der Waals surface area contributed by atoms with Gasteiger partial charge < -0.3 is 20.3 Å². The van der Waals surface area contributed by atoms with E-state index >= 15 is 0 Å². The highest BCUT2D eigenvalue weighted by atomic mass is 19.1. The summed E-state index contributed by atoms with van der Waals surface area (Å²) >= 11 is 0. The van der Waals surface area contributed by atoms with Crippen LogP contribution in [0.2, 0.25) is 0 Å². The van der Waals surface area contributed by atoms with Crippen LogP contribution >= 0.6 is 0 Å². The zero-order chi connectivity index (χ0) is 32.8. The van der Waals surface area contributed by atoms with Gasteiger partial charge in [-0.1, -0.05) is 48.6 Å². The SMILES string of the molecule is CNC.Cc1cc(F)ccc1C1=C(c2ccc(O[C@H]3CCC(C/C=C/C(C)(C)O)C3)cc2)c2ccc(C(C)(C)O)cc2CCC1.[HH]. The lowest BCUT2D eigenvalue weighted by molar-refractivity contribution is 0.0785. The second-order valence-corrected chi connectivity index (χ2v) is 13.8. The topological polar surface area (TPSA) is 61.7 Å². The van der Waals surface area contributed by atoms with Gasteiger partial charge in [-0.05, 0) is 168 Å². The molecule has 0 bridgehead atoms. The molecule has 244 valence electrons. The minimum atomic E-state index is -0.911. The molecule has 0 heterocycles. The van der Waals surface area contributed by atoms with Crippen LogP contribution in [-0.2, 0) is 12.0 Å². The van der Waals surface area contributed by atoms with Gasteiger partial charge in [0.25, 0.3) is 0 Å². The molecule has 0 saturated heterocycles. The summed E-state index contributed by atoms with van der Waals surface area (Å²) in [7, 11) is 3.75. The molecule has 5 rings (SSSR count). The number of rotatable bonds is 8. The molecule has 4 nitrogen and oxygen atoms in total. The summed E-state index contributed by atoms with van der Waals surface area (Å²) in [5.74, 6) is 1.24. The van der Waals surface area contributed by atoms with Gasteiger partial charge in [0.2, 0.25) is 0 Å². The number of aryl methyl sites for hydroxylation is 2. The first-order valence-corrected chi connectivity index (χ1v) is 16.4. The Labute approximate surface area is 271 Å². The molecule has 45 heavy (non-hydrogen) atoms. The van der Waals surface area contributed by atoms with E-state index in [1.807, 2.05) is 53.1 Å². The number of hydrogen-bond donors (Lipinski definition) is 3. The van der Waals surface area contributed by atoms with Crippen molar-refractivity contribution in [2.24, 2.45) is 5.92 Å². The van der Waals surface area contributed by atoms with Gasteiger partial charge in [-0.3, -0.25) is 0 Å². The van der Waals surface area contributed by atoms with Crippen molar-refractivity contribution in [3.05, 3.63) is 112 Å². The Morgan fingerprint density at radius 1 is 0.933 bits per heavy atom. The predicted molar refractivity (Wildman–Crippen MR) is 187 cm³/mol. The van der Waals surface area contributed by atoms with Crippen molar-refractivity contribution < 1.29 is 20.8 Å². The van der Waals surface area contributed by atoms with Crippen molar-refractivity contribution in [1.82, 2.24) is 5.32 Å². The molecule has 2 atom stereocenters. The molecule has 3 aromatic rings. The largest absolute Gasteiger partial charge is 0.490 e. The number of benzene rings is 3. The second kappa shape index (κ2) is 14.9. The van der Waals surface area contributed by atoms with Gasteiger partial charge in [-0.25, -0.2) is 4.39 Å². The van der Waals surface area contributed by atoms with Gasteiger partial charge in [-0.2, -0.15) is 0 Å². The van der Waals surface area contributed by atoms with E-state index in [1.54, 1.807) is 26.0 Å². The first-order chi connectivity index (χ1) is 21.3. The minimum Gasteiger partial charge on any atom is -0.490 e. The predicted octanol–water partition coefficient (Wildman–Crippen LogP) is 9.00. The Hall–Kier alpha value is -3.25. The lowest BCUT2D eigenvalue weighted by Crippen LogP contribution is -2.16. The molecule has 5 heteroatoms. The maximum absolute atomic E-state index is 14.1. The zero-order valence-corrected chi connectivity index (χ0v) is 28.2. The Morgan fingerprint density at radius 2 is 1.62 bits per heavy atom. The molecule has 3 N–H and O–H groups in total. The molecular weight excluding hydrogens is 561 g/mol. The molecule has 1 saturated carbocycles. The van der Waals surface area contributed by atoms with Crippen molar-refractivity contribution >= 4 is 11.1 Å². The van der Waals surface area contributed by atoms with Gasteiger partial charge in [0, 0.05) is 1.43 Å². The van der Waals surface area contributed by atoms with Crippen molar-refractivity contribution in [1.29, 1.82) is 0 Å². The third-order valence-corrected chi connectivity index (χ3v) is 8.70. The molecule has 2 aliphatic carbocycles. The van der Waals surface area contributed by atoms with E-state index in [-0.39, 0.29) is 13.3 Å². The van der Waals surface area contributed by atoms with Gasteiger partial charge in [0.15, 0.2) is 0 Å². The quantitative estimate of drug-likeness (QED) is 0.221. The Balaban J connectivity index is 0.00000139. The molecule has 0 radical (unpaired) electrons. The van der Waals surface area contributed by atoms with Crippen LogP contribution in [0.3, 0.4) is 0 Å². The lowest BCUT2D eigenvalue weighted by Gasteiger charge is -2.22. The third-order valence-electron chi connectivity index (χ3n) is 8.70. The highest BCUT2D eigenvalue weighted by Crippen LogP contribution is 2.42. The van der Waals surface area contributed by atoms with Crippen molar-refractivity contribution in [3.8, 4) is 5.75 Å². The number of aliphatic hydroxyl groups is 2. The van der Waals surface area contributed by atoms with E-state index in [0.717, 1.165) is 72.9 Å². The number of fused-ring (bicyclic) bond motifs is 1. The fourth-order valence-electron chi connectivity index (χ4n) is 6.52. The fraction of sp³-hybridized carbons (Fsp3) is 0.450. The summed E-state index contributed by atoms with van der Waals surface area (Å²) in [5, 5.41) is 23.4. The van der Waals surface area contributed by atoms with Gasteiger partial charge in [0.1, 0.15) is 11.6 Å². The Bertz CT molecular complexity index is 1500. The van der Waals surface area contributed by atoms with Gasteiger partial charge >= 0.3 is 0 Å². The third kappa shape index (κ3) is 9.38. The highest BCUT2D eigenvalue weighted by Gasteiger charge is 2.27. The Kier molecular flexibility index (Phi) is 11.5. The fourth-order valence-corrected chi connectivity index (χ4v) is 6.52. The molecule has 0 aliphatic heterocycles. The Morgan fingerprint density at radius 3 is 2.27 bits per heavy atom. The van der Waals surface area contributed by atoms with Crippen LogP contribution in [-0.4, -0.2) is 36.0 Å². The molecule has 0 aromatic heterocycles. The first-order valence-electron chi connectivity index (χ1n) is 16.4. The molecule has 1 unspecified atom stereocenters. The van der Waals surface area contributed by atoms with E-state index < -0.39 is 11.2 Å². The van der Waals surface area contributed by atoms with Crippen LogP contribution < -0.4 is 10.1 Å². The lowest BCUT2D eigenvalue weighted by atomic mass is 9.85. The number of hydrogen-bond acceptors (Lipinski definition) is 4. The number of allylic oxidation sites excluding steroid dienone is 2.